The molecule has 9 rings (SSSR count). The van der Waals surface area contributed by atoms with Gasteiger partial charge >= 0.3 is 5.97 Å². The number of nitrogens with one attached hydrogen (secondary N) is 3. The van der Waals surface area contributed by atoms with Crippen LogP contribution in [0.4, 0.5) is 23.0 Å². The standard InChI is InChI=1S/C17H21N11O2.C17H19N11O/c18-4-2-6-27-11-13(8-21-27)28-17-16(24-25-28)19-9-14(23-17)22-12-7-20-26(10-12)5-1-3-15(29)30;29-15-3-1-5-26-10-12(7-20-26)22-14-9-19-16-17(23-14)28(25-24-16)13-8-21-27(11-13)6-2-4-18-15/h7-11H,1-6,18H2,(H,22,23)(H,29,30);7-11H,1-6H2,(H,18,29)(H,22,23). The summed E-state index contributed by atoms with van der Waals surface area (Å²) in [6.07, 6.45) is 20.7. The topological polar surface area (TPSA) is 301 Å². The smallest absolute Gasteiger partial charge is 0.303 e. The highest BCUT2D eigenvalue weighted by molar-refractivity contribution is 5.75. The Labute approximate surface area is 333 Å². The van der Waals surface area contributed by atoms with E-state index in [-0.39, 0.29) is 12.3 Å². The first-order valence-electron chi connectivity index (χ1n) is 18.9. The van der Waals surface area contributed by atoms with Crippen molar-refractivity contribution in [1.29, 1.82) is 0 Å². The lowest BCUT2D eigenvalue weighted by atomic mass is 10.3. The number of nitrogens with two attached hydrogens (primary N) is 1. The van der Waals surface area contributed by atoms with Gasteiger partial charge in [0, 0.05) is 58.0 Å². The van der Waals surface area contributed by atoms with Crippen molar-refractivity contribution in [2.75, 3.05) is 23.7 Å². The molecule has 6 N–H and O–H groups in total. The van der Waals surface area contributed by atoms with Crippen LogP contribution in [0, 0.1) is 0 Å². The van der Waals surface area contributed by atoms with Crippen LogP contribution >= 0.6 is 0 Å². The van der Waals surface area contributed by atoms with Crippen molar-refractivity contribution < 1.29 is 14.7 Å². The number of aromatic nitrogens is 18. The molecule has 0 spiro atoms. The minimum absolute atomic E-state index is 0.0471. The predicted octanol–water partition coefficient (Wildman–Crippen LogP) is 1.21. The van der Waals surface area contributed by atoms with Crippen LogP contribution in [0.1, 0.15) is 38.5 Å². The number of carbonyl (C=O) groups is 2. The molecule has 8 aromatic heterocycles. The fourth-order valence-electron chi connectivity index (χ4n) is 6.07. The molecule has 25 heteroatoms. The molecule has 0 radical (unpaired) electrons. The molecular formula is C34H40N22O3. The Bertz CT molecular complexity index is 2670. The zero-order chi connectivity index (χ0) is 40.6. The molecule has 25 nitrogen and oxygen atoms in total. The van der Waals surface area contributed by atoms with E-state index in [0.29, 0.717) is 91.9 Å². The van der Waals surface area contributed by atoms with Crippen molar-refractivity contribution in [3.63, 3.8) is 0 Å². The van der Waals surface area contributed by atoms with Crippen molar-refractivity contribution in [2.24, 2.45) is 5.73 Å². The third-order valence-electron chi connectivity index (χ3n) is 8.92. The van der Waals surface area contributed by atoms with E-state index in [1.165, 1.54) is 0 Å². The zero-order valence-corrected chi connectivity index (χ0v) is 31.6. The second-order valence-corrected chi connectivity index (χ2v) is 13.4. The number of nitrogens with zero attached hydrogens (tertiary/aromatic N) is 18. The number of carbonyl (C=O) groups excluding carboxylic acids is 1. The van der Waals surface area contributed by atoms with Crippen LogP contribution in [0.5, 0.6) is 0 Å². The summed E-state index contributed by atoms with van der Waals surface area (Å²) in [7, 11) is 0. The molecule has 0 saturated carbocycles. The molecule has 59 heavy (non-hydrogen) atoms. The number of hydrogen-bond acceptors (Lipinski definition) is 17. The SMILES string of the molecule is NCCCn1cc(-n2nnc3ncc(Nc4cnn(CCCC(=O)O)c4)nc32)cn1.O=C1CCCn2cc(cn2)Nc2cnc3nnn(c3n2)-c2cnn(c2)CCCN1. The van der Waals surface area contributed by atoms with Gasteiger partial charge in [0.15, 0.2) is 11.6 Å². The Kier molecular flexibility index (Phi) is 11.4. The van der Waals surface area contributed by atoms with Crippen LogP contribution in [0.15, 0.2) is 62.0 Å². The van der Waals surface area contributed by atoms with Crippen molar-refractivity contribution in [3.8, 4) is 11.4 Å². The van der Waals surface area contributed by atoms with Crippen molar-refractivity contribution in [3.05, 3.63) is 62.0 Å². The molecule has 0 unspecified atom stereocenters. The lowest BCUT2D eigenvalue weighted by Crippen LogP contribution is -2.25. The maximum Gasteiger partial charge on any atom is 0.303 e. The molecule has 0 saturated heterocycles. The third kappa shape index (κ3) is 9.47. The maximum absolute atomic E-state index is 12.0. The average Bonchev–Trinajstić information content (AvgIpc) is 4.09. The van der Waals surface area contributed by atoms with E-state index >= 15 is 0 Å². The van der Waals surface area contributed by atoms with Gasteiger partial charge in [-0.2, -0.15) is 29.8 Å². The Morgan fingerprint density at radius 3 is 2.31 bits per heavy atom. The Balaban J connectivity index is 0.000000164. The number of hydrogen-bond donors (Lipinski definition) is 5. The summed E-state index contributed by atoms with van der Waals surface area (Å²) in [5.41, 5.74) is 10.4. The molecule has 9 heterocycles. The maximum atomic E-state index is 12.0. The summed E-state index contributed by atoms with van der Waals surface area (Å²) in [5, 5.41) is 51.6. The molecule has 0 fully saturated rings. The van der Waals surface area contributed by atoms with Crippen molar-refractivity contribution in [2.45, 2.75) is 64.7 Å². The van der Waals surface area contributed by atoms with E-state index in [0.717, 1.165) is 36.4 Å². The first-order valence-corrected chi connectivity index (χ1v) is 18.9. The van der Waals surface area contributed by atoms with Crippen molar-refractivity contribution in [1.82, 2.24) is 94.4 Å². The predicted molar refractivity (Wildman–Crippen MR) is 209 cm³/mol. The van der Waals surface area contributed by atoms with E-state index in [9.17, 15) is 9.59 Å². The summed E-state index contributed by atoms with van der Waals surface area (Å²) < 4.78 is 10.3. The first-order chi connectivity index (χ1) is 28.9. The Morgan fingerprint density at radius 1 is 0.780 bits per heavy atom. The highest BCUT2D eigenvalue weighted by Crippen LogP contribution is 2.20. The lowest BCUT2D eigenvalue weighted by molar-refractivity contribution is -0.137. The van der Waals surface area contributed by atoms with Gasteiger partial charge in [0.2, 0.25) is 28.5 Å². The molecule has 304 valence electrons. The second-order valence-electron chi connectivity index (χ2n) is 13.4. The molecule has 1 aliphatic heterocycles. The monoisotopic (exact) mass is 804 g/mol. The fraction of sp³-hybridized carbons (Fsp3) is 0.353. The summed E-state index contributed by atoms with van der Waals surface area (Å²) in [6.45, 7) is 3.78. The van der Waals surface area contributed by atoms with Gasteiger partial charge < -0.3 is 26.8 Å². The van der Waals surface area contributed by atoms with Gasteiger partial charge in [-0.05, 0) is 32.2 Å². The third-order valence-corrected chi connectivity index (χ3v) is 8.92. The van der Waals surface area contributed by atoms with Crippen LogP contribution in [0.2, 0.25) is 0 Å². The Morgan fingerprint density at radius 2 is 1.47 bits per heavy atom. The summed E-state index contributed by atoms with van der Waals surface area (Å²) in [6, 6.07) is 0. The largest absolute Gasteiger partial charge is 0.481 e. The number of carboxylic acids is 1. The number of anilines is 4. The van der Waals surface area contributed by atoms with Gasteiger partial charge in [-0.1, -0.05) is 10.4 Å². The summed E-state index contributed by atoms with van der Waals surface area (Å²) >= 11 is 0. The number of rotatable bonds is 10. The highest BCUT2D eigenvalue weighted by atomic mass is 16.4. The van der Waals surface area contributed by atoms with E-state index < -0.39 is 5.97 Å². The van der Waals surface area contributed by atoms with Gasteiger partial charge in [0.05, 0.1) is 60.9 Å². The van der Waals surface area contributed by atoms with E-state index in [1.54, 1.807) is 66.8 Å². The van der Waals surface area contributed by atoms with Crippen LogP contribution in [0.25, 0.3) is 34.0 Å². The normalized spacial score (nSPS) is 13.3. The summed E-state index contributed by atoms with van der Waals surface area (Å²) in [4.78, 5) is 40.4. The fourth-order valence-corrected chi connectivity index (χ4v) is 6.07. The number of carboxylic acid groups (broad SMARTS) is 1. The zero-order valence-electron chi connectivity index (χ0n) is 31.6. The molecular weight excluding hydrogens is 765 g/mol. The lowest BCUT2D eigenvalue weighted by Gasteiger charge is -2.06. The van der Waals surface area contributed by atoms with Crippen LogP contribution in [0.3, 0.4) is 0 Å². The molecule has 1 amide bonds. The minimum atomic E-state index is -0.820. The van der Waals surface area contributed by atoms with Crippen LogP contribution in [-0.4, -0.2) is 119 Å². The van der Waals surface area contributed by atoms with Gasteiger partial charge in [-0.25, -0.2) is 19.9 Å². The number of amides is 1. The van der Waals surface area contributed by atoms with E-state index in [4.69, 9.17) is 10.8 Å². The quantitative estimate of drug-likeness (QED) is 0.130. The molecule has 0 aliphatic carbocycles. The van der Waals surface area contributed by atoms with E-state index in [2.05, 4.69) is 76.9 Å². The summed E-state index contributed by atoms with van der Waals surface area (Å²) in [5.74, 6) is 0.294. The van der Waals surface area contributed by atoms with E-state index in [1.807, 2.05) is 23.3 Å². The average molecular weight is 805 g/mol. The van der Waals surface area contributed by atoms with Gasteiger partial charge in [0.1, 0.15) is 11.4 Å². The van der Waals surface area contributed by atoms with Gasteiger partial charge in [-0.15, -0.1) is 10.2 Å². The Hall–Kier alpha value is -7.70. The molecule has 1 aliphatic rings. The number of fused-ring (bicyclic) bond motifs is 7. The molecule has 6 bridgehead atoms. The van der Waals surface area contributed by atoms with Gasteiger partial charge in [0.25, 0.3) is 0 Å². The molecule has 0 atom stereocenters. The highest BCUT2D eigenvalue weighted by Gasteiger charge is 2.15. The number of aryl methyl sites for hydroxylation is 4. The first kappa shape index (κ1) is 38.2. The second kappa shape index (κ2) is 17.6. The minimum Gasteiger partial charge on any atom is -0.481 e. The number of aliphatic carboxylic acids is 1. The van der Waals surface area contributed by atoms with Crippen LogP contribution < -0.4 is 21.7 Å². The molecule has 0 aromatic carbocycles. The van der Waals surface area contributed by atoms with Crippen molar-refractivity contribution >= 4 is 57.5 Å². The van der Waals surface area contributed by atoms with Gasteiger partial charge in [-0.3, -0.25) is 28.3 Å². The van der Waals surface area contributed by atoms with Crippen LogP contribution in [-0.2, 0) is 35.8 Å². The molecule has 8 aromatic rings.